The van der Waals surface area contributed by atoms with Crippen LogP contribution in [-0.4, -0.2) is 24.1 Å². The summed E-state index contributed by atoms with van der Waals surface area (Å²) >= 11 is 1.70. The molecule has 0 aliphatic carbocycles. The van der Waals surface area contributed by atoms with Crippen molar-refractivity contribution in [2.75, 3.05) is 24.7 Å². The maximum absolute atomic E-state index is 8.67. The number of nitrogens with two attached hydrogens (primary N) is 1. The third kappa shape index (κ3) is 4.01. The first-order chi connectivity index (χ1) is 7.27. The van der Waals surface area contributed by atoms with Gasteiger partial charge in [0.05, 0.1) is 12.3 Å². The molecule has 0 amide bonds. The fraction of sp³-hybridized carbons (Fsp3) is 0.455. The summed E-state index contributed by atoms with van der Waals surface area (Å²) < 4.78 is 5.40. The number of rotatable bonds is 6. The van der Waals surface area contributed by atoms with E-state index in [-0.39, 0.29) is 6.61 Å². The molecule has 0 spiro atoms. The first-order valence-corrected chi connectivity index (χ1v) is 6.02. The molecular weight excluding hydrogens is 210 g/mol. The van der Waals surface area contributed by atoms with Crippen LogP contribution in [0.15, 0.2) is 23.1 Å². The molecule has 0 bridgehead atoms. The Kier molecular flexibility index (Phi) is 5.36. The second kappa shape index (κ2) is 6.58. The van der Waals surface area contributed by atoms with Gasteiger partial charge in [0.15, 0.2) is 0 Å². The van der Waals surface area contributed by atoms with Crippen molar-refractivity contribution in [3.05, 3.63) is 18.2 Å². The Morgan fingerprint density at radius 1 is 1.47 bits per heavy atom. The molecule has 0 radical (unpaired) electrons. The van der Waals surface area contributed by atoms with Gasteiger partial charge in [-0.3, -0.25) is 0 Å². The Morgan fingerprint density at radius 2 is 2.27 bits per heavy atom. The maximum atomic E-state index is 8.67. The van der Waals surface area contributed by atoms with Crippen molar-refractivity contribution in [3.63, 3.8) is 0 Å². The lowest BCUT2D eigenvalue weighted by atomic mass is 10.3. The predicted octanol–water partition coefficient (Wildman–Crippen LogP) is 2.14. The molecule has 0 unspecified atom stereocenters. The third-order valence-electron chi connectivity index (χ3n) is 1.86. The van der Waals surface area contributed by atoms with E-state index in [0.717, 1.165) is 22.8 Å². The van der Waals surface area contributed by atoms with E-state index >= 15 is 0 Å². The van der Waals surface area contributed by atoms with Crippen molar-refractivity contribution < 1.29 is 9.84 Å². The first kappa shape index (κ1) is 12.2. The minimum Gasteiger partial charge on any atom is -0.492 e. The predicted molar refractivity (Wildman–Crippen MR) is 64.5 cm³/mol. The van der Waals surface area contributed by atoms with Gasteiger partial charge < -0.3 is 15.6 Å². The molecule has 0 atom stereocenters. The second-order valence-corrected chi connectivity index (χ2v) is 4.23. The molecule has 1 rings (SSSR count). The van der Waals surface area contributed by atoms with Crippen LogP contribution < -0.4 is 10.5 Å². The summed E-state index contributed by atoms with van der Waals surface area (Å²) in [6, 6.07) is 5.77. The van der Waals surface area contributed by atoms with Gasteiger partial charge in [-0.2, -0.15) is 0 Å². The highest BCUT2D eigenvalue weighted by atomic mass is 32.2. The Bertz CT molecular complexity index is 305. The molecular formula is C11H17NO2S. The fourth-order valence-electron chi connectivity index (χ4n) is 1.14. The van der Waals surface area contributed by atoms with E-state index < -0.39 is 0 Å². The lowest BCUT2D eigenvalue weighted by molar-refractivity contribution is 0.296. The van der Waals surface area contributed by atoms with Gasteiger partial charge in [0.2, 0.25) is 0 Å². The Morgan fingerprint density at radius 3 is 2.93 bits per heavy atom. The van der Waals surface area contributed by atoms with Crippen LogP contribution in [0.4, 0.5) is 5.69 Å². The Hall–Kier alpha value is -0.870. The van der Waals surface area contributed by atoms with Crippen LogP contribution in [0.5, 0.6) is 5.75 Å². The zero-order valence-corrected chi connectivity index (χ0v) is 9.72. The van der Waals surface area contributed by atoms with Crippen LogP contribution in [0.3, 0.4) is 0 Å². The standard InChI is InChI=1S/C11H17NO2S/c1-2-14-11-8-9(4-5-10(11)12)15-7-3-6-13/h4-5,8,13H,2-3,6-7,12H2,1H3. The molecule has 4 heteroatoms. The van der Waals surface area contributed by atoms with Crippen LogP contribution in [0.25, 0.3) is 0 Å². The van der Waals surface area contributed by atoms with E-state index in [1.807, 2.05) is 25.1 Å². The number of nitrogen functional groups attached to an aromatic ring is 1. The van der Waals surface area contributed by atoms with Crippen molar-refractivity contribution in [1.29, 1.82) is 0 Å². The first-order valence-electron chi connectivity index (χ1n) is 5.04. The van der Waals surface area contributed by atoms with E-state index in [4.69, 9.17) is 15.6 Å². The molecule has 0 aliphatic rings. The zero-order valence-electron chi connectivity index (χ0n) is 8.90. The second-order valence-electron chi connectivity index (χ2n) is 3.06. The summed E-state index contributed by atoms with van der Waals surface area (Å²) in [6.07, 6.45) is 0.805. The SMILES string of the molecule is CCOc1cc(SCCCO)ccc1N. The summed E-state index contributed by atoms with van der Waals surface area (Å²) in [6.45, 7) is 2.79. The quantitative estimate of drug-likeness (QED) is 0.444. The lowest BCUT2D eigenvalue weighted by Gasteiger charge is -2.08. The van der Waals surface area contributed by atoms with Gasteiger partial charge in [-0.15, -0.1) is 11.8 Å². The minimum atomic E-state index is 0.236. The van der Waals surface area contributed by atoms with Crippen molar-refractivity contribution >= 4 is 17.4 Å². The minimum absolute atomic E-state index is 0.236. The van der Waals surface area contributed by atoms with Gasteiger partial charge in [0, 0.05) is 17.3 Å². The van der Waals surface area contributed by atoms with Gasteiger partial charge in [-0.25, -0.2) is 0 Å². The number of hydrogen-bond acceptors (Lipinski definition) is 4. The summed E-state index contributed by atoms with van der Waals surface area (Å²) in [4.78, 5) is 1.13. The molecule has 1 aromatic rings. The number of benzene rings is 1. The molecule has 15 heavy (non-hydrogen) atoms. The summed E-state index contributed by atoms with van der Waals surface area (Å²) in [5.41, 5.74) is 6.43. The van der Waals surface area contributed by atoms with Crippen molar-refractivity contribution in [2.24, 2.45) is 0 Å². The lowest BCUT2D eigenvalue weighted by Crippen LogP contribution is -1.96. The largest absolute Gasteiger partial charge is 0.492 e. The molecule has 0 saturated heterocycles. The smallest absolute Gasteiger partial charge is 0.143 e. The topological polar surface area (TPSA) is 55.5 Å². The average Bonchev–Trinajstić information content (AvgIpc) is 2.23. The highest BCUT2D eigenvalue weighted by Gasteiger charge is 2.01. The van der Waals surface area contributed by atoms with Crippen molar-refractivity contribution in [2.45, 2.75) is 18.2 Å². The van der Waals surface area contributed by atoms with Crippen LogP contribution in [0, 0.1) is 0 Å². The number of thioether (sulfide) groups is 1. The van der Waals surface area contributed by atoms with E-state index in [9.17, 15) is 0 Å². The van der Waals surface area contributed by atoms with Crippen molar-refractivity contribution in [1.82, 2.24) is 0 Å². The highest BCUT2D eigenvalue weighted by molar-refractivity contribution is 7.99. The van der Waals surface area contributed by atoms with Gasteiger partial charge in [0.1, 0.15) is 5.75 Å². The molecule has 0 heterocycles. The number of hydrogen-bond donors (Lipinski definition) is 2. The summed E-state index contributed by atoms with van der Waals surface area (Å²) in [5.74, 6) is 1.65. The van der Waals surface area contributed by atoms with E-state index in [0.29, 0.717) is 12.3 Å². The Labute approximate surface area is 94.6 Å². The molecule has 1 aromatic carbocycles. The van der Waals surface area contributed by atoms with Crippen LogP contribution >= 0.6 is 11.8 Å². The van der Waals surface area contributed by atoms with E-state index in [2.05, 4.69) is 0 Å². The molecule has 0 fully saturated rings. The van der Waals surface area contributed by atoms with E-state index in [1.54, 1.807) is 11.8 Å². The molecule has 84 valence electrons. The van der Waals surface area contributed by atoms with Crippen LogP contribution in [-0.2, 0) is 0 Å². The van der Waals surface area contributed by atoms with Gasteiger partial charge in [-0.1, -0.05) is 0 Å². The van der Waals surface area contributed by atoms with E-state index in [1.165, 1.54) is 0 Å². The third-order valence-corrected chi connectivity index (χ3v) is 2.94. The van der Waals surface area contributed by atoms with Crippen molar-refractivity contribution in [3.8, 4) is 5.75 Å². The monoisotopic (exact) mass is 227 g/mol. The zero-order chi connectivity index (χ0) is 11.1. The highest BCUT2D eigenvalue weighted by Crippen LogP contribution is 2.28. The van der Waals surface area contributed by atoms with Gasteiger partial charge in [-0.05, 0) is 31.5 Å². The van der Waals surface area contributed by atoms with Gasteiger partial charge in [0.25, 0.3) is 0 Å². The maximum Gasteiger partial charge on any atom is 0.143 e. The normalized spacial score (nSPS) is 10.3. The number of aliphatic hydroxyl groups excluding tert-OH is 1. The Balaban J connectivity index is 2.61. The molecule has 3 nitrogen and oxygen atoms in total. The summed E-state index contributed by atoms with van der Waals surface area (Å²) in [5, 5.41) is 8.67. The molecule has 0 aromatic heterocycles. The molecule has 0 aliphatic heterocycles. The number of anilines is 1. The van der Waals surface area contributed by atoms with Crippen LogP contribution in [0.2, 0.25) is 0 Å². The number of ether oxygens (including phenoxy) is 1. The molecule has 3 N–H and O–H groups in total. The average molecular weight is 227 g/mol. The molecule has 0 saturated carbocycles. The van der Waals surface area contributed by atoms with Gasteiger partial charge >= 0.3 is 0 Å². The van der Waals surface area contributed by atoms with Crippen LogP contribution in [0.1, 0.15) is 13.3 Å². The number of aliphatic hydroxyl groups is 1. The summed E-state index contributed by atoms with van der Waals surface area (Å²) in [7, 11) is 0. The fourth-order valence-corrected chi connectivity index (χ4v) is 2.00.